The summed E-state index contributed by atoms with van der Waals surface area (Å²) in [6, 6.07) is 14.6. The lowest BCUT2D eigenvalue weighted by Gasteiger charge is -2.07. The van der Waals surface area contributed by atoms with Crippen molar-refractivity contribution < 1.29 is 14.3 Å². The number of anilines is 1. The van der Waals surface area contributed by atoms with Crippen LogP contribution in [0.3, 0.4) is 0 Å². The van der Waals surface area contributed by atoms with Crippen LogP contribution in [0.1, 0.15) is 17.3 Å². The smallest absolute Gasteiger partial charge is 0.221 e. The van der Waals surface area contributed by atoms with E-state index in [0.29, 0.717) is 11.3 Å². The number of methoxy groups -OCH3 is 1. The van der Waals surface area contributed by atoms with Gasteiger partial charge in [-0.3, -0.25) is 9.59 Å². The number of benzene rings is 2. The van der Waals surface area contributed by atoms with Gasteiger partial charge in [-0.05, 0) is 48.5 Å². The van der Waals surface area contributed by atoms with Crippen LogP contribution in [-0.4, -0.2) is 23.4 Å². The van der Waals surface area contributed by atoms with Crippen molar-refractivity contribution in [3.63, 3.8) is 0 Å². The molecule has 5 nitrogen and oxygen atoms in total. The normalized spacial score (nSPS) is 10.6. The van der Waals surface area contributed by atoms with Crippen molar-refractivity contribution in [1.82, 2.24) is 4.57 Å². The summed E-state index contributed by atoms with van der Waals surface area (Å²) in [6.45, 7) is 1.71. The Morgan fingerprint density at radius 2 is 1.83 bits per heavy atom. The van der Waals surface area contributed by atoms with E-state index in [4.69, 9.17) is 4.74 Å². The summed E-state index contributed by atoms with van der Waals surface area (Å²) < 4.78 is 7.13. The van der Waals surface area contributed by atoms with Crippen LogP contribution in [0.4, 0.5) is 5.69 Å². The van der Waals surface area contributed by atoms with Crippen LogP contribution in [0.15, 0.2) is 54.7 Å². The number of carbonyl (C=O) groups excluding carboxylic acids is 2. The van der Waals surface area contributed by atoms with Gasteiger partial charge in [0.2, 0.25) is 5.91 Å². The highest BCUT2D eigenvalue weighted by molar-refractivity contribution is 5.97. The summed E-state index contributed by atoms with van der Waals surface area (Å²) in [5.74, 6) is 0.668. The van der Waals surface area contributed by atoms with Crippen LogP contribution >= 0.6 is 0 Å². The van der Waals surface area contributed by atoms with E-state index in [1.165, 1.54) is 6.92 Å². The number of carbonyl (C=O) groups is 2. The van der Waals surface area contributed by atoms with Gasteiger partial charge in [-0.25, -0.2) is 0 Å². The molecule has 3 aromatic rings. The second-order valence-electron chi connectivity index (χ2n) is 5.55. The molecule has 24 heavy (non-hydrogen) atoms. The lowest BCUT2D eigenvalue weighted by atomic mass is 10.1. The molecule has 2 aromatic carbocycles. The molecule has 0 aliphatic heterocycles. The molecule has 122 valence electrons. The summed E-state index contributed by atoms with van der Waals surface area (Å²) in [5, 5.41) is 3.71. The van der Waals surface area contributed by atoms with Crippen LogP contribution in [0, 0.1) is 0 Å². The largest absolute Gasteiger partial charge is 0.497 e. The van der Waals surface area contributed by atoms with Gasteiger partial charge in [-0.1, -0.05) is 0 Å². The first-order chi connectivity index (χ1) is 11.6. The van der Waals surface area contributed by atoms with Crippen molar-refractivity contribution in [2.24, 2.45) is 0 Å². The molecule has 0 spiro atoms. The first-order valence-electron chi connectivity index (χ1n) is 7.60. The molecule has 3 rings (SSSR count). The molecule has 1 amide bonds. The Labute approximate surface area is 139 Å². The molecular weight excluding hydrogens is 304 g/mol. The molecule has 1 heterocycles. The molecule has 0 aliphatic carbocycles. The highest BCUT2D eigenvalue weighted by atomic mass is 16.5. The summed E-state index contributed by atoms with van der Waals surface area (Å²) in [5.41, 5.74) is 2.27. The van der Waals surface area contributed by atoms with Gasteiger partial charge in [0.05, 0.1) is 13.7 Å². The first-order valence-corrected chi connectivity index (χ1v) is 7.60. The Balaban J connectivity index is 1.78. The molecule has 1 aromatic heterocycles. The van der Waals surface area contributed by atoms with Crippen LogP contribution < -0.4 is 10.1 Å². The summed E-state index contributed by atoms with van der Waals surface area (Å²) >= 11 is 0. The van der Waals surface area contributed by atoms with Gasteiger partial charge in [0.1, 0.15) is 5.75 Å². The molecule has 0 radical (unpaired) electrons. The number of aromatic nitrogens is 1. The Hall–Kier alpha value is -3.08. The van der Waals surface area contributed by atoms with Gasteiger partial charge in [0, 0.05) is 35.3 Å². The summed E-state index contributed by atoms with van der Waals surface area (Å²) in [7, 11) is 1.63. The number of fused-ring (bicyclic) bond motifs is 1. The number of nitrogens with zero attached hydrogens (tertiary/aromatic N) is 1. The quantitative estimate of drug-likeness (QED) is 0.732. The summed E-state index contributed by atoms with van der Waals surface area (Å²) in [6.07, 6.45) is 1.90. The zero-order valence-electron chi connectivity index (χ0n) is 13.6. The minimum Gasteiger partial charge on any atom is -0.497 e. The Bertz CT molecular complexity index is 895. The SMILES string of the molecule is COc1ccc2c(ccn2CC(=O)c2ccc(NC(C)=O)cc2)c1. The third kappa shape index (κ3) is 3.30. The van der Waals surface area contributed by atoms with E-state index in [2.05, 4.69) is 5.32 Å². The average Bonchev–Trinajstić information content (AvgIpc) is 2.97. The number of ether oxygens (including phenoxy) is 1. The predicted molar refractivity (Wildman–Crippen MR) is 93.6 cm³/mol. The number of ketones is 1. The fourth-order valence-electron chi connectivity index (χ4n) is 2.63. The third-order valence-corrected chi connectivity index (χ3v) is 3.82. The van der Waals surface area contributed by atoms with Crippen molar-refractivity contribution in [3.05, 3.63) is 60.3 Å². The molecule has 0 bridgehead atoms. The van der Waals surface area contributed by atoms with Crippen molar-refractivity contribution in [3.8, 4) is 5.75 Å². The molecule has 0 saturated carbocycles. The lowest BCUT2D eigenvalue weighted by Crippen LogP contribution is -2.10. The van der Waals surface area contributed by atoms with E-state index in [-0.39, 0.29) is 18.2 Å². The van der Waals surface area contributed by atoms with Crippen molar-refractivity contribution in [1.29, 1.82) is 0 Å². The van der Waals surface area contributed by atoms with Crippen LogP contribution in [0.25, 0.3) is 10.9 Å². The monoisotopic (exact) mass is 322 g/mol. The number of hydrogen-bond acceptors (Lipinski definition) is 3. The highest BCUT2D eigenvalue weighted by Crippen LogP contribution is 2.22. The second-order valence-corrected chi connectivity index (χ2v) is 5.55. The number of rotatable bonds is 5. The topological polar surface area (TPSA) is 60.3 Å². The van der Waals surface area contributed by atoms with Crippen molar-refractivity contribution in [2.45, 2.75) is 13.5 Å². The van der Waals surface area contributed by atoms with Gasteiger partial charge >= 0.3 is 0 Å². The van der Waals surface area contributed by atoms with E-state index in [9.17, 15) is 9.59 Å². The molecule has 5 heteroatoms. The number of hydrogen-bond donors (Lipinski definition) is 1. The fraction of sp³-hybridized carbons (Fsp3) is 0.158. The van der Waals surface area contributed by atoms with Crippen LogP contribution in [0.5, 0.6) is 5.75 Å². The van der Waals surface area contributed by atoms with Crippen molar-refractivity contribution in [2.75, 3.05) is 12.4 Å². The van der Waals surface area contributed by atoms with Gasteiger partial charge in [0.15, 0.2) is 5.78 Å². The van der Waals surface area contributed by atoms with Gasteiger partial charge in [0.25, 0.3) is 0 Å². The molecule has 0 atom stereocenters. The molecule has 1 N–H and O–H groups in total. The van der Waals surface area contributed by atoms with E-state index in [1.54, 1.807) is 31.4 Å². The van der Waals surface area contributed by atoms with Gasteiger partial charge in [-0.15, -0.1) is 0 Å². The van der Waals surface area contributed by atoms with Gasteiger partial charge in [-0.2, -0.15) is 0 Å². The van der Waals surface area contributed by atoms with Crippen molar-refractivity contribution >= 4 is 28.3 Å². The highest BCUT2D eigenvalue weighted by Gasteiger charge is 2.10. The number of nitrogens with one attached hydrogen (secondary N) is 1. The summed E-state index contributed by atoms with van der Waals surface area (Å²) in [4.78, 5) is 23.5. The fourth-order valence-corrected chi connectivity index (χ4v) is 2.63. The molecule has 0 fully saturated rings. The minimum absolute atomic E-state index is 0.0118. The number of amides is 1. The van der Waals surface area contributed by atoms with E-state index < -0.39 is 0 Å². The molecule has 0 saturated heterocycles. The predicted octanol–water partition coefficient (Wildman–Crippen LogP) is 3.49. The van der Waals surface area contributed by atoms with Gasteiger partial charge < -0.3 is 14.6 Å². The first kappa shape index (κ1) is 15.8. The Kier molecular flexibility index (Phi) is 4.33. The maximum absolute atomic E-state index is 12.5. The molecular formula is C19H18N2O3. The van der Waals surface area contributed by atoms with E-state index in [0.717, 1.165) is 16.7 Å². The minimum atomic E-state index is -0.136. The Morgan fingerprint density at radius 3 is 2.50 bits per heavy atom. The number of Topliss-reactive ketones (excluding diaryl/α,β-unsaturated/α-hetero) is 1. The second kappa shape index (κ2) is 6.58. The van der Waals surface area contributed by atoms with Crippen LogP contribution in [-0.2, 0) is 11.3 Å². The van der Waals surface area contributed by atoms with E-state index in [1.807, 2.05) is 35.0 Å². The average molecular weight is 322 g/mol. The third-order valence-electron chi connectivity index (χ3n) is 3.82. The maximum atomic E-state index is 12.5. The molecule has 0 aliphatic rings. The zero-order valence-corrected chi connectivity index (χ0v) is 13.6. The lowest BCUT2D eigenvalue weighted by molar-refractivity contribution is -0.114. The van der Waals surface area contributed by atoms with E-state index >= 15 is 0 Å². The Morgan fingerprint density at radius 1 is 1.08 bits per heavy atom. The standard InChI is InChI=1S/C19H18N2O3/c1-13(22)20-16-5-3-14(4-6-16)19(23)12-21-10-9-15-11-17(24-2)7-8-18(15)21/h3-11H,12H2,1-2H3,(H,20,22). The maximum Gasteiger partial charge on any atom is 0.221 e. The van der Waals surface area contributed by atoms with Crippen LogP contribution in [0.2, 0.25) is 0 Å². The molecule has 0 unspecified atom stereocenters. The zero-order chi connectivity index (χ0) is 17.1.